The van der Waals surface area contributed by atoms with E-state index in [1.165, 1.54) is 59.1 Å². The number of ether oxygens (including phenoxy) is 1. The van der Waals surface area contributed by atoms with Gasteiger partial charge in [-0.25, -0.2) is 0 Å². The minimum Gasteiger partial charge on any atom is -0.496 e. The van der Waals surface area contributed by atoms with Crippen LogP contribution >= 0.6 is 0 Å². The van der Waals surface area contributed by atoms with Gasteiger partial charge in [0.05, 0.1) is 13.7 Å². The molecule has 5 aromatic rings. The molecular formula is C40H42O2. The maximum atomic E-state index is 10.4. The molecule has 2 nitrogen and oxygen atoms in total. The van der Waals surface area contributed by atoms with Gasteiger partial charge in [-0.05, 0) is 93.5 Å². The molecule has 0 saturated heterocycles. The summed E-state index contributed by atoms with van der Waals surface area (Å²) >= 11 is 0. The molecule has 0 spiro atoms. The van der Waals surface area contributed by atoms with E-state index in [2.05, 4.69) is 123 Å². The molecule has 0 aliphatic heterocycles. The minimum atomic E-state index is -0.0459. The Hall–Kier alpha value is -4.14. The third-order valence-corrected chi connectivity index (χ3v) is 8.20. The topological polar surface area (TPSA) is 29.5 Å². The largest absolute Gasteiger partial charge is 0.496 e. The number of aliphatic hydroxyl groups excluding tert-OH is 1. The molecule has 1 N–H and O–H groups in total. The second-order valence-electron chi connectivity index (χ2n) is 11.1. The molecule has 0 saturated carbocycles. The monoisotopic (exact) mass is 554 g/mol. The smallest absolute Gasteiger partial charge is 0.127 e. The first kappa shape index (κ1) is 29.4. The molecule has 0 radical (unpaired) electrons. The van der Waals surface area contributed by atoms with Gasteiger partial charge >= 0.3 is 0 Å². The molecule has 0 heterocycles. The highest BCUT2D eigenvalue weighted by Gasteiger charge is 2.14. The van der Waals surface area contributed by atoms with Crippen molar-refractivity contribution >= 4 is 0 Å². The van der Waals surface area contributed by atoms with Crippen molar-refractivity contribution in [1.29, 1.82) is 0 Å². The quantitative estimate of drug-likeness (QED) is 0.166. The fourth-order valence-corrected chi connectivity index (χ4v) is 5.59. The van der Waals surface area contributed by atoms with Crippen LogP contribution in [0.3, 0.4) is 0 Å². The lowest BCUT2D eigenvalue weighted by atomic mass is 9.92. The summed E-state index contributed by atoms with van der Waals surface area (Å²) in [5.41, 5.74) is 12.6. The van der Waals surface area contributed by atoms with E-state index < -0.39 is 0 Å². The number of aliphatic hydroxyl groups is 1. The summed E-state index contributed by atoms with van der Waals surface area (Å²) in [5.74, 6) is 0.793. The van der Waals surface area contributed by atoms with Crippen LogP contribution in [-0.4, -0.2) is 12.2 Å². The van der Waals surface area contributed by atoms with E-state index in [9.17, 15) is 5.11 Å². The van der Waals surface area contributed by atoms with Crippen molar-refractivity contribution in [2.45, 2.75) is 59.0 Å². The van der Waals surface area contributed by atoms with Gasteiger partial charge in [0.1, 0.15) is 5.75 Å². The number of hydrogen-bond acceptors (Lipinski definition) is 2. The molecule has 0 aromatic heterocycles. The van der Waals surface area contributed by atoms with Crippen molar-refractivity contribution in [3.8, 4) is 50.3 Å². The van der Waals surface area contributed by atoms with Gasteiger partial charge < -0.3 is 9.84 Å². The van der Waals surface area contributed by atoms with E-state index in [0.717, 1.165) is 46.4 Å². The maximum Gasteiger partial charge on any atom is 0.127 e. The normalized spacial score (nSPS) is 11.0. The molecule has 0 fully saturated rings. The highest BCUT2D eigenvalue weighted by molar-refractivity contribution is 5.81. The molecule has 0 unspecified atom stereocenters. The van der Waals surface area contributed by atoms with Gasteiger partial charge in [-0.1, -0.05) is 124 Å². The van der Waals surface area contributed by atoms with E-state index in [1.54, 1.807) is 7.11 Å². The van der Waals surface area contributed by atoms with Gasteiger partial charge in [-0.2, -0.15) is 0 Å². The van der Waals surface area contributed by atoms with E-state index in [4.69, 9.17) is 4.74 Å². The van der Waals surface area contributed by atoms with Crippen LogP contribution < -0.4 is 4.74 Å². The molecule has 0 aliphatic rings. The van der Waals surface area contributed by atoms with Crippen molar-refractivity contribution in [2.24, 2.45) is 0 Å². The Morgan fingerprint density at radius 1 is 0.500 bits per heavy atom. The van der Waals surface area contributed by atoms with Gasteiger partial charge in [-0.15, -0.1) is 0 Å². The minimum absolute atomic E-state index is 0.0459. The van der Waals surface area contributed by atoms with Crippen molar-refractivity contribution in [3.63, 3.8) is 0 Å². The summed E-state index contributed by atoms with van der Waals surface area (Å²) in [6.07, 6.45) is 7.15. The number of methoxy groups -OCH3 is 1. The van der Waals surface area contributed by atoms with Gasteiger partial charge in [0, 0.05) is 5.56 Å². The Balaban J connectivity index is 1.38. The Kier molecular flexibility index (Phi) is 9.90. The molecule has 0 amide bonds. The van der Waals surface area contributed by atoms with E-state index in [0.29, 0.717) is 0 Å². The van der Waals surface area contributed by atoms with E-state index >= 15 is 0 Å². The number of aryl methyl sites for hydroxylation is 2. The van der Waals surface area contributed by atoms with Crippen LogP contribution in [0.2, 0.25) is 0 Å². The van der Waals surface area contributed by atoms with E-state index in [-0.39, 0.29) is 6.61 Å². The second-order valence-corrected chi connectivity index (χ2v) is 11.1. The molecule has 214 valence electrons. The fourth-order valence-electron chi connectivity index (χ4n) is 5.59. The predicted octanol–water partition coefficient (Wildman–Crippen LogP) is 10.5. The summed E-state index contributed by atoms with van der Waals surface area (Å²) < 4.78 is 5.87. The van der Waals surface area contributed by atoms with Crippen LogP contribution in [0, 0.1) is 0 Å². The van der Waals surface area contributed by atoms with Crippen molar-refractivity contribution in [2.75, 3.05) is 7.11 Å². The van der Waals surface area contributed by atoms with Gasteiger partial charge in [-0.3, -0.25) is 0 Å². The van der Waals surface area contributed by atoms with Crippen molar-refractivity contribution < 1.29 is 9.84 Å². The molecular weight excluding hydrogens is 512 g/mol. The highest BCUT2D eigenvalue weighted by Crippen LogP contribution is 2.38. The summed E-state index contributed by atoms with van der Waals surface area (Å²) in [4.78, 5) is 0. The number of rotatable bonds is 12. The van der Waals surface area contributed by atoms with Crippen LogP contribution in [0.4, 0.5) is 0 Å². The fraction of sp³-hybridized carbons (Fsp3) is 0.250. The van der Waals surface area contributed by atoms with Crippen LogP contribution in [-0.2, 0) is 19.4 Å². The molecule has 5 rings (SSSR count). The second kappa shape index (κ2) is 14.2. The number of unbranched alkanes of at least 4 members (excludes halogenated alkanes) is 2. The third kappa shape index (κ3) is 6.83. The zero-order chi connectivity index (χ0) is 29.3. The predicted molar refractivity (Wildman–Crippen MR) is 178 cm³/mol. The third-order valence-electron chi connectivity index (χ3n) is 8.20. The van der Waals surface area contributed by atoms with Gasteiger partial charge in [0.25, 0.3) is 0 Å². The standard InChI is InChI=1S/C40H42O2/c1-4-6-8-29-10-14-31(15-11-29)33-18-22-35(23-19-33)38-27-40(42-3)39(26-37(38)28-41)36-24-20-34(21-25-36)32-16-12-30(13-17-32)9-7-5-2/h10-27,41H,4-9,28H2,1-3H3. The molecule has 0 bridgehead atoms. The van der Waals surface area contributed by atoms with Crippen molar-refractivity contribution in [1.82, 2.24) is 0 Å². The summed E-state index contributed by atoms with van der Waals surface area (Å²) in [6, 6.07) is 39.1. The molecule has 0 aliphatic carbocycles. The Morgan fingerprint density at radius 3 is 1.26 bits per heavy atom. The lowest BCUT2D eigenvalue weighted by Crippen LogP contribution is -1.96. The SMILES string of the molecule is CCCCc1ccc(-c2ccc(-c3cc(OC)c(-c4ccc(-c5ccc(CCCC)cc5)cc4)cc3CO)cc2)cc1. The van der Waals surface area contributed by atoms with Crippen molar-refractivity contribution in [3.05, 3.63) is 126 Å². The number of hydrogen-bond donors (Lipinski definition) is 1. The first-order valence-corrected chi connectivity index (χ1v) is 15.3. The molecule has 5 aromatic carbocycles. The number of benzene rings is 5. The lowest BCUT2D eigenvalue weighted by molar-refractivity contribution is 0.282. The van der Waals surface area contributed by atoms with Crippen LogP contribution in [0.15, 0.2) is 109 Å². The summed E-state index contributed by atoms with van der Waals surface area (Å²) in [5, 5.41) is 10.4. The first-order valence-electron chi connectivity index (χ1n) is 15.3. The Morgan fingerprint density at radius 2 is 0.881 bits per heavy atom. The van der Waals surface area contributed by atoms with Crippen LogP contribution in [0.5, 0.6) is 5.75 Å². The zero-order valence-electron chi connectivity index (χ0n) is 25.2. The highest BCUT2D eigenvalue weighted by atomic mass is 16.5. The summed E-state index contributed by atoms with van der Waals surface area (Å²) in [7, 11) is 1.71. The van der Waals surface area contributed by atoms with Crippen LogP contribution in [0.25, 0.3) is 44.5 Å². The van der Waals surface area contributed by atoms with Gasteiger partial charge in [0.2, 0.25) is 0 Å². The Bertz CT molecular complexity index is 1440. The molecule has 42 heavy (non-hydrogen) atoms. The summed E-state index contributed by atoms with van der Waals surface area (Å²) in [6.45, 7) is 4.41. The average molecular weight is 555 g/mol. The molecule has 2 heteroatoms. The van der Waals surface area contributed by atoms with E-state index in [1.807, 2.05) is 0 Å². The lowest BCUT2D eigenvalue weighted by Gasteiger charge is -2.16. The zero-order valence-corrected chi connectivity index (χ0v) is 25.2. The first-order chi connectivity index (χ1) is 20.6. The maximum absolute atomic E-state index is 10.4. The van der Waals surface area contributed by atoms with Gasteiger partial charge in [0.15, 0.2) is 0 Å². The molecule has 0 atom stereocenters. The van der Waals surface area contributed by atoms with Crippen LogP contribution in [0.1, 0.15) is 56.2 Å². The average Bonchev–Trinajstić information content (AvgIpc) is 3.06. The Labute approximate surface area is 251 Å².